The Hall–Kier alpha value is -4.54. The Balaban J connectivity index is 2.05. The van der Waals surface area contributed by atoms with Crippen LogP contribution < -0.4 is 19.6 Å². The molecule has 0 spiro atoms. The average molecular weight is 472 g/mol. The molecule has 3 rings (SSSR count). The minimum absolute atomic E-state index is 0.0478. The molecule has 1 heterocycles. The number of fused-ring (bicyclic) bond motifs is 1. The van der Waals surface area contributed by atoms with Crippen LogP contribution in [0.4, 0.5) is 0 Å². The number of carboxylic acid groups (broad SMARTS) is 3. The lowest BCUT2D eigenvalue weighted by Gasteiger charge is -2.17. The molecule has 11 nitrogen and oxygen atoms in total. The van der Waals surface area contributed by atoms with Crippen LogP contribution in [0.15, 0.2) is 51.9 Å². The second-order valence-corrected chi connectivity index (χ2v) is 7.18. The Morgan fingerprint density at radius 3 is 2.00 bits per heavy atom. The Morgan fingerprint density at radius 2 is 1.47 bits per heavy atom. The number of ether oxygens (including phenoxy) is 3. The quantitative estimate of drug-likeness (QED) is 0.396. The molecule has 2 aromatic carbocycles. The number of carbonyl (C=O) groups is 3. The molecule has 11 heteroatoms. The molecule has 0 aliphatic heterocycles. The highest BCUT2D eigenvalue weighted by Gasteiger charge is 2.22. The molecular formula is C23H20O11. The van der Waals surface area contributed by atoms with Crippen molar-refractivity contribution in [3.8, 4) is 28.4 Å². The van der Waals surface area contributed by atoms with Gasteiger partial charge in [0.15, 0.2) is 30.3 Å². The van der Waals surface area contributed by atoms with Gasteiger partial charge >= 0.3 is 17.9 Å². The van der Waals surface area contributed by atoms with Gasteiger partial charge in [-0.1, -0.05) is 12.1 Å². The van der Waals surface area contributed by atoms with E-state index in [0.29, 0.717) is 11.3 Å². The van der Waals surface area contributed by atoms with Crippen LogP contribution >= 0.6 is 0 Å². The third kappa shape index (κ3) is 5.44. The van der Waals surface area contributed by atoms with E-state index in [0.717, 1.165) is 0 Å². The van der Waals surface area contributed by atoms with E-state index in [1.807, 2.05) is 0 Å². The lowest BCUT2D eigenvalue weighted by Crippen LogP contribution is -2.25. The Bertz CT molecular complexity index is 1290. The summed E-state index contributed by atoms with van der Waals surface area (Å²) in [7, 11) is 0. The van der Waals surface area contributed by atoms with Crippen molar-refractivity contribution < 1.29 is 48.3 Å². The predicted molar refractivity (Wildman–Crippen MR) is 117 cm³/mol. The van der Waals surface area contributed by atoms with Crippen LogP contribution in [0.2, 0.25) is 0 Å². The van der Waals surface area contributed by atoms with Gasteiger partial charge in [-0.3, -0.25) is 4.79 Å². The van der Waals surface area contributed by atoms with Crippen molar-refractivity contribution in [3.63, 3.8) is 0 Å². The minimum Gasteiger partial charge on any atom is -0.482 e. The average Bonchev–Trinajstić information content (AvgIpc) is 2.79. The highest BCUT2D eigenvalue weighted by atomic mass is 16.6. The van der Waals surface area contributed by atoms with Crippen molar-refractivity contribution in [1.82, 2.24) is 0 Å². The predicted octanol–water partition coefficient (Wildman–Crippen LogP) is 2.63. The third-order valence-electron chi connectivity index (χ3n) is 4.67. The molecule has 0 saturated carbocycles. The number of benzene rings is 2. The van der Waals surface area contributed by atoms with Crippen LogP contribution in [0.5, 0.6) is 17.2 Å². The molecule has 34 heavy (non-hydrogen) atoms. The van der Waals surface area contributed by atoms with Crippen molar-refractivity contribution in [2.24, 2.45) is 0 Å². The first kappa shape index (κ1) is 24.1. The fourth-order valence-electron chi connectivity index (χ4n) is 2.88. The van der Waals surface area contributed by atoms with Gasteiger partial charge in [-0.25, -0.2) is 14.4 Å². The van der Waals surface area contributed by atoms with Crippen LogP contribution in [0.25, 0.3) is 22.1 Å². The second kappa shape index (κ2) is 9.94. The topological polar surface area (TPSA) is 170 Å². The summed E-state index contributed by atoms with van der Waals surface area (Å²) in [6.07, 6.45) is -1.39. The molecule has 0 aliphatic carbocycles. The zero-order chi connectivity index (χ0) is 25.0. The van der Waals surface area contributed by atoms with Gasteiger partial charge in [0.1, 0.15) is 17.6 Å². The summed E-state index contributed by atoms with van der Waals surface area (Å²) in [5.74, 6) is -3.61. The summed E-state index contributed by atoms with van der Waals surface area (Å²) in [5.41, 5.74) is 0.228. The van der Waals surface area contributed by atoms with Crippen LogP contribution in [-0.4, -0.2) is 52.0 Å². The van der Waals surface area contributed by atoms with Crippen LogP contribution in [0.1, 0.15) is 13.8 Å². The summed E-state index contributed by atoms with van der Waals surface area (Å²) in [6, 6.07) is 8.58. The molecule has 2 atom stereocenters. The molecule has 0 fully saturated rings. The number of carboxylic acids is 3. The maximum Gasteiger partial charge on any atom is 0.344 e. The van der Waals surface area contributed by atoms with Crippen molar-refractivity contribution in [1.29, 1.82) is 0 Å². The van der Waals surface area contributed by atoms with E-state index in [1.165, 1.54) is 44.4 Å². The Kier molecular flexibility index (Phi) is 7.05. The zero-order valence-corrected chi connectivity index (χ0v) is 18.0. The molecule has 0 aliphatic rings. The monoisotopic (exact) mass is 472 g/mol. The van der Waals surface area contributed by atoms with E-state index < -0.39 is 42.2 Å². The number of hydrogen-bond acceptors (Lipinski definition) is 8. The SMILES string of the molecule is C[C@@H](Oc1cc2occ(-c3ccc(OCC(=O)O)cc3)c(=O)c2cc1O[C@H](C)C(=O)O)C(=O)O. The second-order valence-electron chi connectivity index (χ2n) is 7.18. The van der Waals surface area contributed by atoms with Gasteiger partial charge in [0.2, 0.25) is 5.43 Å². The van der Waals surface area contributed by atoms with Gasteiger partial charge < -0.3 is 33.9 Å². The maximum absolute atomic E-state index is 13.2. The molecule has 1 aromatic heterocycles. The number of aliphatic carboxylic acids is 3. The largest absolute Gasteiger partial charge is 0.482 e. The Labute approximate surface area is 191 Å². The van der Waals surface area contributed by atoms with Crippen molar-refractivity contribution in [3.05, 3.63) is 52.9 Å². The van der Waals surface area contributed by atoms with Gasteiger partial charge in [-0.15, -0.1) is 0 Å². The van der Waals surface area contributed by atoms with Gasteiger partial charge in [-0.2, -0.15) is 0 Å². The van der Waals surface area contributed by atoms with Crippen LogP contribution in [0, 0.1) is 0 Å². The molecule has 3 aromatic rings. The first-order valence-electron chi connectivity index (χ1n) is 9.90. The zero-order valence-electron chi connectivity index (χ0n) is 18.0. The summed E-state index contributed by atoms with van der Waals surface area (Å²) in [6.45, 7) is 2.03. The highest BCUT2D eigenvalue weighted by molar-refractivity contribution is 5.85. The van der Waals surface area contributed by atoms with Crippen LogP contribution in [-0.2, 0) is 14.4 Å². The Morgan fingerprint density at radius 1 is 0.912 bits per heavy atom. The van der Waals surface area contributed by atoms with Gasteiger partial charge in [0, 0.05) is 6.07 Å². The molecular weight excluding hydrogens is 452 g/mol. The summed E-state index contributed by atoms with van der Waals surface area (Å²) in [4.78, 5) is 46.2. The highest BCUT2D eigenvalue weighted by Crippen LogP contribution is 2.34. The van der Waals surface area contributed by atoms with Gasteiger partial charge in [-0.05, 0) is 37.6 Å². The number of hydrogen-bond donors (Lipinski definition) is 3. The first-order chi connectivity index (χ1) is 16.1. The van der Waals surface area contributed by atoms with E-state index in [2.05, 4.69) is 0 Å². The van der Waals surface area contributed by atoms with E-state index >= 15 is 0 Å². The maximum atomic E-state index is 13.2. The molecule has 178 valence electrons. The minimum atomic E-state index is -1.31. The smallest absolute Gasteiger partial charge is 0.344 e. The van der Waals surface area contributed by atoms with Crippen molar-refractivity contribution >= 4 is 28.9 Å². The molecule has 0 saturated heterocycles. The summed E-state index contributed by atoms with van der Waals surface area (Å²) < 4.78 is 21.4. The molecule has 0 bridgehead atoms. The van der Waals surface area contributed by atoms with Crippen LogP contribution in [0.3, 0.4) is 0 Å². The molecule has 3 N–H and O–H groups in total. The fraction of sp³-hybridized carbons (Fsp3) is 0.217. The van der Waals surface area contributed by atoms with E-state index in [9.17, 15) is 24.3 Å². The molecule has 0 unspecified atom stereocenters. The number of rotatable bonds is 10. The van der Waals surface area contributed by atoms with E-state index in [-0.39, 0.29) is 28.0 Å². The van der Waals surface area contributed by atoms with Crippen molar-refractivity contribution in [2.75, 3.05) is 6.61 Å². The third-order valence-corrected chi connectivity index (χ3v) is 4.67. The lowest BCUT2D eigenvalue weighted by molar-refractivity contribution is -0.145. The molecule has 0 amide bonds. The fourth-order valence-corrected chi connectivity index (χ4v) is 2.88. The van der Waals surface area contributed by atoms with E-state index in [4.69, 9.17) is 28.8 Å². The normalized spacial score (nSPS) is 12.5. The van der Waals surface area contributed by atoms with Crippen molar-refractivity contribution in [2.45, 2.75) is 26.1 Å². The lowest BCUT2D eigenvalue weighted by atomic mass is 10.1. The van der Waals surface area contributed by atoms with Gasteiger partial charge in [0.05, 0.1) is 10.9 Å². The molecule has 0 radical (unpaired) electrons. The standard InChI is InChI=1S/C23H20O11/c1-11(22(27)28)33-18-7-15-17(8-19(18)34-12(2)23(29)30)32-9-16(21(15)26)13-3-5-14(6-4-13)31-10-20(24)25/h3-9,11-12H,10H2,1-2H3,(H,24,25)(H,27,28)(H,29,30)/t11-,12-/m1/s1. The van der Waals surface area contributed by atoms with Gasteiger partial charge in [0.25, 0.3) is 0 Å². The summed E-state index contributed by atoms with van der Waals surface area (Å²) >= 11 is 0. The van der Waals surface area contributed by atoms with E-state index in [1.54, 1.807) is 12.1 Å². The summed E-state index contributed by atoms with van der Waals surface area (Å²) in [5, 5.41) is 27.0. The first-order valence-corrected chi connectivity index (χ1v) is 9.90.